The summed E-state index contributed by atoms with van der Waals surface area (Å²) in [5.41, 5.74) is 1.29. The number of rotatable bonds is 4. The molecule has 1 atom stereocenters. The summed E-state index contributed by atoms with van der Waals surface area (Å²) in [5.74, 6) is 0. The average molecular weight is 290 g/mol. The van der Waals surface area contributed by atoms with E-state index in [-0.39, 0.29) is 0 Å². The predicted molar refractivity (Wildman–Crippen MR) is 80.1 cm³/mol. The van der Waals surface area contributed by atoms with Crippen LogP contribution in [0.15, 0.2) is 18.2 Å². The molecule has 0 aliphatic carbocycles. The summed E-state index contributed by atoms with van der Waals surface area (Å²) in [7, 11) is 1.87. The molecule has 0 saturated carbocycles. The lowest BCUT2D eigenvalue weighted by Crippen LogP contribution is -2.46. The van der Waals surface area contributed by atoms with Crippen LogP contribution in [0.4, 0.5) is 5.69 Å². The van der Waals surface area contributed by atoms with Gasteiger partial charge in [0.15, 0.2) is 0 Å². The third-order valence-corrected chi connectivity index (χ3v) is 3.98. The average Bonchev–Trinajstić information content (AvgIpc) is 2.46. The summed E-state index contributed by atoms with van der Waals surface area (Å²) in [4.78, 5) is 1.91. The lowest BCUT2D eigenvalue weighted by Gasteiger charge is -2.37. The number of nitriles is 1. The Kier molecular flexibility index (Phi) is 4.84. The molecule has 1 aromatic carbocycles. The van der Waals surface area contributed by atoms with Gasteiger partial charge in [0.25, 0.3) is 0 Å². The molecule has 1 saturated heterocycles. The van der Waals surface area contributed by atoms with Crippen LogP contribution in [0.3, 0.4) is 0 Å². The smallest absolute Gasteiger partial charge is 0.0992 e. The second-order valence-corrected chi connectivity index (χ2v) is 5.75. The first-order valence-electron chi connectivity index (χ1n) is 7.18. The molecule has 5 nitrogen and oxygen atoms in total. The van der Waals surface area contributed by atoms with Crippen LogP contribution in [0.2, 0.25) is 0 Å². The highest BCUT2D eigenvalue weighted by molar-refractivity contribution is 5.58. The quantitative estimate of drug-likeness (QED) is 0.880. The molecule has 1 fully saturated rings. The first-order chi connectivity index (χ1) is 9.95. The van der Waals surface area contributed by atoms with Crippen molar-refractivity contribution in [1.82, 2.24) is 0 Å². The van der Waals surface area contributed by atoms with Gasteiger partial charge in [-0.3, -0.25) is 0 Å². The largest absolute Gasteiger partial charge is 0.389 e. The highest BCUT2D eigenvalue weighted by atomic mass is 16.5. The zero-order chi connectivity index (χ0) is 15.5. The molecule has 1 aliphatic heterocycles. The molecule has 1 heterocycles. The second-order valence-electron chi connectivity index (χ2n) is 5.75. The van der Waals surface area contributed by atoms with Gasteiger partial charge in [-0.1, -0.05) is 6.07 Å². The number of aliphatic hydroxyl groups is 2. The zero-order valence-corrected chi connectivity index (χ0v) is 12.5. The van der Waals surface area contributed by atoms with Crippen LogP contribution < -0.4 is 4.90 Å². The minimum Gasteiger partial charge on any atom is -0.389 e. The maximum absolute atomic E-state index is 10.6. The third kappa shape index (κ3) is 3.73. The normalized spacial score (nSPS) is 18.8. The Morgan fingerprint density at radius 2 is 2.10 bits per heavy atom. The Hall–Kier alpha value is -1.61. The van der Waals surface area contributed by atoms with Crippen LogP contribution in [-0.4, -0.2) is 42.6 Å². The van der Waals surface area contributed by atoms with Crippen molar-refractivity contribution in [2.45, 2.75) is 31.5 Å². The molecule has 0 radical (unpaired) electrons. The van der Waals surface area contributed by atoms with E-state index in [4.69, 9.17) is 10.00 Å². The molecule has 2 N–H and O–H groups in total. The summed E-state index contributed by atoms with van der Waals surface area (Å²) in [5, 5.41) is 29.6. The first kappa shape index (κ1) is 15.8. The molecule has 1 aliphatic rings. The Morgan fingerprint density at radius 1 is 1.43 bits per heavy atom. The monoisotopic (exact) mass is 290 g/mol. The molecule has 0 bridgehead atoms. The molecular formula is C16H22N2O3. The number of hydrogen-bond acceptors (Lipinski definition) is 5. The molecule has 0 amide bonds. The SMILES string of the molecule is C[C@H](O)c1ccc(C#N)cc1N(C)CC1(O)CCOCC1. The lowest BCUT2D eigenvalue weighted by atomic mass is 9.93. The number of nitrogens with zero attached hydrogens (tertiary/aromatic N) is 2. The molecule has 2 rings (SSSR count). The lowest BCUT2D eigenvalue weighted by molar-refractivity contribution is -0.0573. The van der Waals surface area contributed by atoms with Crippen molar-refractivity contribution < 1.29 is 14.9 Å². The first-order valence-corrected chi connectivity index (χ1v) is 7.18. The summed E-state index contributed by atoms with van der Waals surface area (Å²) in [6, 6.07) is 7.33. The highest BCUT2D eigenvalue weighted by Crippen LogP contribution is 2.30. The molecular weight excluding hydrogens is 268 g/mol. The molecule has 114 valence electrons. The van der Waals surface area contributed by atoms with Crippen molar-refractivity contribution in [2.24, 2.45) is 0 Å². The molecule has 0 spiro atoms. The van der Waals surface area contributed by atoms with Gasteiger partial charge in [-0.25, -0.2) is 0 Å². The second kappa shape index (κ2) is 6.44. The summed E-state index contributed by atoms with van der Waals surface area (Å²) in [6.45, 7) is 3.27. The summed E-state index contributed by atoms with van der Waals surface area (Å²) >= 11 is 0. The van der Waals surface area contributed by atoms with Gasteiger partial charge in [-0.05, 0) is 19.1 Å². The summed E-state index contributed by atoms with van der Waals surface area (Å²) < 4.78 is 5.29. The number of hydrogen-bond donors (Lipinski definition) is 2. The van der Waals surface area contributed by atoms with Gasteiger partial charge in [-0.2, -0.15) is 5.26 Å². The molecule has 21 heavy (non-hydrogen) atoms. The fourth-order valence-electron chi connectivity index (χ4n) is 2.73. The third-order valence-electron chi connectivity index (χ3n) is 3.98. The van der Waals surface area contributed by atoms with E-state index in [2.05, 4.69) is 6.07 Å². The Morgan fingerprint density at radius 3 is 2.67 bits per heavy atom. The van der Waals surface area contributed by atoms with Crippen molar-refractivity contribution in [3.8, 4) is 6.07 Å². The van der Waals surface area contributed by atoms with E-state index in [0.717, 1.165) is 11.3 Å². The van der Waals surface area contributed by atoms with Crippen LogP contribution in [0.1, 0.15) is 37.0 Å². The van der Waals surface area contributed by atoms with Crippen LogP contribution in [0, 0.1) is 11.3 Å². The maximum Gasteiger partial charge on any atom is 0.0992 e. The number of benzene rings is 1. The summed E-state index contributed by atoms with van der Waals surface area (Å²) in [6.07, 6.45) is 0.568. The zero-order valence-electron chi connectivity index (χ0n) is 12.5. The van der Waals surface area contributed by atoms with E-state index in [9.17, 15) is 10.2 Å². The molecule has 0 aromatic heterocycles. The van der Waals surface area contributed by atoms with E-state index in [1.165, 1.54) is 0 Å². The van der Waals surface area contributed by atoms with E-state index in [0.29, 0.717) is 38.2 Å². The Bertz CT molecular complexity index is 531. The molecule has 5 heteroatoms. The van der Waals surface area contributed by atoms with Crippen LogP contribution in [-0.2, 0) is 4.74 Å². The van der Waals surface area contributed by atoms with Crippen molar-refractivity contribution in [3.63, 3.8) is 0 Å². The number of ether oxygens (including phenoxy) is 1. The number of aliphatic hydroxyl groups excluding tert-OH is 1. The van der Waals surface area contributed by atoms with Crippen LogP contribution in [0.25, 0.3) is 0 Å². The van der Waals surface area contributed by atoms with Gasteiger partial charge < -0.3 is 19.8 Å². The Labute approximate surface area is 125 Å². The van der Waals surface area contributed by atoms with Gasteiger partial charge >= 0.3 is 0 Å². The van der Waals surface area contributed by atoms with E-state index < -0.39 is 11.7 Å². The van der Waals surface area contributed by atoms with Gasteiger partial charge in [0.2, 0.25) is 0 Å². The van der Waals surface area contributed by atoms with Crippen molar-refractivity contribution in [3.05, 3.63) is 29.3 Å². The van der Waals surface area contributed by atoms with Gasteiger partial charge in [0.1, 0.15) is 0 Å². The number of likely N-dealkylation sites (N-methyl/N-ethyl adjacent to an activating group) is 1. The van der Waals surface area contributed by atoms with Gasteiger partial charge in [0.05, 0.1) is 23.3 Å². The van der Waals surface area contributed by atoms with Crippen LogP contribution >= 0.6 is 0 Å². The molecule has 1 aromatic rings. The fourth-order valence-corrected chi connectivity index (χ4v) is 2.73. The van der Waals surface area contributed by atoms with Gasteiger partial charge in [0, 0.05) is 50.9 Å². The van der Waals surface area contributed by atoms with Crippen LogP contribution in [0.5, 0.6) is 0 Å². The van der Waals surface area contributed by atoms with E-state index in [1.54, 1.807) is 25.1 Å². The van der Waals surface area contributed by atoms with Crippen molar-refractivity contribution in [1.29, 1.82) is 5.26 Å². The highest BCUT2D eigenvalue weighted by Gasteiger charge is 2.31. The van der Waals surface area contributed by atoms with E-state index in [1.807, 2.05) is 11.9 Å². The number of anilines is 1. The van der Waals surface area contributed by atoms with Crippen molar-refractivity contribution in [2.75, 3.05) is 31.7 Å². The molecule has 0 unspecified atom stereocenters. The standard InChI is InChI=1S/C16H22N2O3/c1-12(19)14-4-3-13(10-17)9-15(14)18(2)11-16(20)5-7-21-8-6-16/h3-4,9,12,19-20H,5-8,11H2,1-2H3/t12-/m0/s1. The fraction of sp³-hybridized carbons (Fsp3) is 0.562. The Balaban J connectivity index is 2.25. The minimum absolute atomic E-state index is 0.449. The maximum atomic E-state index is 10.6. The minimum atomic E-state index is -0.786. The topological polar surface area (TPSA) is 76.7 Å². The van der Waals surface area contributed by atoms with Crippen molar-refractivity contribution >= 4 is 5.69 Å². The van der Waals surface area contributed by atoms with Gasteiger partial charge in [-0.15, -0.1) is 0 Å². The van der Waals surface area contributed by atoms with E-state index >= 15 is 0 Å². The predicted octanol–water partition coefficient (Wildman–Crippen LogP) is 1.59.